The molecule has 0 saturated carbocycles. The predicted octanol–water partition coefficient (Wildman–Crippen LogP) is 3.63. The molecule has 0 spiro atoms. The lowest BCUT2D eigenvalue weighted by atomic mass is 10.1. The minimum absolute atomic E-state index is 0.00237. The van der Waals surface area contributed by atoms with Crippen molar-refractivity contribution in [2.45, 2.75) is 19.1 Å². The molecule has 1 amide bonds. The van der Waals surface area contributed by atoms with Gasteiger partial charge in [0, 0.05) is 23.4 Å². The summed E-state index contributed by atoms with van der Waals surface area (Å²) in [6, 6.07) is 11.6. The summed E-state index contributed by atoms with van der Waals surface area (Å²) in [4.78, 5) is 23.4. The standard InChI is InChI=1S/C20H22FNO3S/c1-14(23)16-5-8-19(25-2)17(11-16)12-26-13-20(24)22-10-9-15-3-6-18(21)7-4-15/h3-8,11H,9-10,12-13H2,1-2H3,(H,22,24). The fourth-order valence-corrected chi connectivity index (χ4v) is 3.25. The number of amides is 1. The van der Waals surface area contributed by atoms with Gasteiger partial charge in [0.1, 0.15) is 11.6 Å². The number of ether oxygens (including phenoxy) is 1. The van der Waals surface area contributed by atoms with Crippen LogP contribution in [-0.4, -0.2) is 31.1 Å². The van der Waals surface area contributed by atoms with E-state index in [2.05, 4.69) is 5.32 Å². The summed E-state index contributed by atoms with van der Waals surface area (Å²) < 4.78 is 18.1. The first-order chi connectivity index (χ1) is 12.5. The first-order valence-corrected chi connectivity index (χ1v) is 9.42. The van der Waals surface area contributed by atoms with Gasteiger partial charge in [-0.15, -0.1) is 11.8 Å². The van der Waals surface area contributed by atoms with E-state index in [0.717, 1.165) is 11.1 Å². The first kappa shape index (κ1) is 20.0. The number of ketones is 1. The van der Waals surface area contributed by atoms with E-state index in [9.17, 15) is 14.0 Å². The second kappa shape index (κ2) is 9.97. The lowest BCUT2D eigenvalue weighted by Gasteiger charge is -2.10. The van der Waals surface area contributed by atoms with E-state index < -0.39 is 0 Å². The maximum atomic E-state index is 12.8. The largest absolute Gasteiger partial charge is 0.496 e. The van der Waals surface area contributed by atoms with Crippen molar-refractivity contribution < 1.29 is 18.7 Å². The molecule has 0 aromatic heterocycles. The number of hydrogen-bond donors (Lipinski definition) is 1. The SMILES string of the molecule is COc1ccc(C(C)=O)cc1CSCC(=O)NCCc1ccc(F)cc1. The number of halogens is 1. The van der Waals surface area contributed by atoms with E-state index in [0.29, 0.717) is 35.8 Å². The van der Waals surface area contributed by atoms with Crippen molar-refractivity contribution in [2.75, 3.05) is 19.4 Å². The lowest BCUT2D eigenvalue weighted by molar-refractivity contribution is -0.118. The summed E-state index contributed by atoms with van der Waals surface area (Å²) >= 11 is 1.46. The van der Waals surface area contributed by atoms with Gasteiger partial charge in [0.25, 0.3) is 0 Å². The van der Waals surface area contributed by atoms with Crippen LogP contribution < -0.4 is 10.1 Å². The molecule has 0 saturated heterocycles. The number of carbonyl (C=O) groups excluding carboxylic acids is 2. The number of nitrogens with one attached hydrogen (secondary N) is 1. The zero-order chi connectivity index (χ0) is 18.9. The molecule has 0 fully saturated rings. The van der Waals surface area contributed by atoms with Crippen LogP contribution in [-0.2, 0) is 17.0 Å². The number of thioether (sulfide) groups is 1. The van der Waals surface area contributed by atoms with Crippen molar-refractivity contribution in [1.82, 2.24) is 5.32 Å². The third kappa shape index (κ3) is 6.19. The van der Waals surface area contributed by atoms with E-state index in [1.807, 2.05) is 0 Å². The number of methoxy groups -OCH3 is 1. The maximum Gasteiger partial charge on any atom is 0.230 e. The Hall–Kier alpha value is -2.34. The molecule has 0 aliphatic rings. The highest BCUT2D eigenvalue weighted by molar-refractivity contribution is 7.99. The Bertz CT molecular complexity index is 762. The Balaban J connectivity index is 1.76. The summed E-state index contributed by atoms with van der Waals surface area (Å²) in [6.45, 7) is 2.03. The molecule has 2 rings (SSSR count). The quantitative estimate of drug-likeness (QED) is 0.680. The minimum atomic E-state index is -0.265. The predicted molar refractivity (Wildman–Crippen MR) is 102 cm³/mol. The molecule has 2 aromatic carbocycles. The number of rotatable bonds is 9. The van der Waals surface area contributed by atoms with Crippen molar-refractivity contribution >= 4 is 23.5 Å². The van der Waals surface area contributed by atoms with Crippen LogP contribution >= 0.6 is 11.8 Å². The second-order valence-electron chi connectivity index (χ2n) is 5.80. The smallest absolute Gasteiger partial charge is 0.230 e. The molecule has 2 aromatic rings. The van der Waals surface area contributed by atoms with Crippen LogP contribution in [0.25, 0.3) is 0 Å². The Kier molecular flexibility index (Phi) is 7.66. The summed E-state index contributed by atoms with van der Waals surface area (Å²) in [6.07, 6.45) is 0.658. The first-order valence-electron chi connectivity index (χ1n) is 8.26. The molecule has 0 radical (unpaired) electrons. The monoisotopic (exact) mass is 375 g/mol. The maximum absolute atomic E-state index is 12.8. The highest BCUT2D eigenvalue weighted by Gasteiger charge is 2.09. The van der Waals surface area contributed by atoms with Gasteiger partial charge in [-0.3, -0.25) is 9.59 Å². The molecular weight excluding hydrogens is 353 g/mol. The van der Waals surface area contributed by atoms with E-state index in [1.54, 1.807) is 37.4 Å². The molecule has 4 nitrogen and oxygen atoms in total. The number of hydrogen-bond acceptors (Lipinski definition) is 4. The van der Waals surface area contributed by atoms with Crippen LogP contribution in [0.5, 0.6) is 5.75 Å². The van der Waals surface area contributed by atoms with Crippen molar-refractivity contribution in [2.24, 2.45) is 0 Å². The zero-order valence-corrected chi connectivity index (χ0v) is 15.7. The third-order valence-electron chi connectivity index (χ3n) is 3.83. The van der Waals surface area contributed by atoms with Crippen LogP contribution in [0.15, 0.2) is 42.5 Å². The van der Waals surface area contributed by atoms with Gasteiger partial charge < -0.3 is 10.1 Å². The highest BCUT2D eigenvalue weighted by Crippen LogP contribution is 2.24. The highest BCUT2D eigenvalue weighted by atomic mass is 32.2. The average Bonchev–Trinajstić information content (AvgIpc) is 2.63. The minimum Gasteiger partial charge on any atom is -0.496 e. The van der Waals surface area contributed by atoms with Gasteiger partial charge >= 0.3 is 0 Å². The lowest BCUT2D eigenvalue weighted by Crippen LogP contribution is -2.27. The fraction of sp³-hybridized carbons (Fsp3) is 0.300. The van der Waals surface area contributed by atoms with Gasteiger partial charge in [0.15, 0.2) is 5.78 Å². The van der Waals surface area contributed by atoms with E-state index in [4.69, 9.17) is 4.74 Å². The van der Waals surface area contributed by atoms with Crippen molar-refractivity contribution in [1.29, 1.82) is 0 Å². The summed E-state index contributed by atoms with van der Waals surface area (Å²) in [7, 11) is 1.58. The normalized spacial score (nSPS) is 10.4. The van der Waals surface area contributed by atoms with Crippen LogP contribution in [0, 0.1) is 5.82 Å². The van der Waals surface area contributed by atoms with Crippen LogP contribution in [0.3, 0.4) is 0 Å². The van der Waals surface area contributed by atoms with Crippen LogP contribution in [0.2, 0.25) is 0 Å². The molecule has 0 aliphatic carbocycles. The third-order valence-corrected chi connectivity index (χ3v) is 4.81. The molecule has 0 unspecified atom stereocenters. The van der Waals surface area contributed by atoms with Crippen molar-refractivity contribution in [3.8, 4) is 5.75 Å². The van der Waals surface area contributed by atoms with Gasteiger partial charge in [-0.1, -0.05) is 12.1 Å². The molecule has 0 heterocycles. The van der Waals surface area contributed by atoms with E-state index in [1.165, 1.54) is 30.8 Å². The van der Waals surface area contributed by atoms with Gasteiger partial charge in [-0.2, -0.15) is 0 Å². The summed E-state index contributed by atoms with van der Waals surface area (Å²) in [5, 5.41) is 2.85. The Morgan fingerprint density at radius 1 is 1.15 bits per heavy atom. The van der Waals surface area contributed by atoms with Gasteiger partial charge in [-0.05, 0) is 49.2 Å². The average molecular weight is 375 g/mol. The van der Waals surface area contributed by atoms with Crippen LogP contribution in [0.4, 0.5) is 4.39 Å². The molecule has 0 aliphatic heterocycles. The summed E-state index contributed by atoms with van der Waals surface area (Å²) in [5.74, 6) is 1.28. The fourth-order valence-electron chi connectivity index (χ4n) is 2.41. The molecule has 0 atom stereocenters. The Labute approximate surface area is 157 Å². The molecule has 6 heteroatoms. The molecule has 1 N–H and O–H groups in total. The summed E-state index contributed by atoms with van der Waals surface area (Å²) in [5.41, 5.74) is 2.50. The van der Waals surface area contributed by atoms with Crippen LogP contribution in [0.1, 0.15) is 28.4 Å². The van der Waals surface area contributed by atoms with Crippen molar-refractivity contribution in [3.05, 3.63) is 65.0 Å². The number of Topliss-reactive ketones (excluding diaryl/α,β-unsaturated/α-hetero) is 1. The zero-order valence-electron chi connectivity index (χ0n) is 14.9. The Morgan fingerprint density at radius 2 is 1.88 bits per heavy atom. The molecular formula is C20H22FNO3S. The number of benzene rings is 2. The van der Waals surface area contributed by atoms with Gasteiger partial charge in [0.05, 0.1) is 12.9 Å². The Morgan fingerprint density at radius 3 is 2.54 bits per heavy atom. The van der Waals surface area contributed by atoms with Crippen molar-refractivity contribution in [3.63, 3.8) is 0 Å². The molecule has 26 heavy (non-hydrogen) atoms. The topological polar surface area (TPSA) is 55.4 Å². The number of carbonyl (C=O) groups is 2. The van der Waals surface area contributed by atoms with E-state index >= 15 is 0 Å². The molecule has 138 valence electrons. The van der Waals surface area contributed by atoms with Gasteiger partial charge in [-0.25, -0.2) is 4.39 Å². The second-order valence-corrected chi connectivity index (χ2v) is 6.79. The van der Waals surface area contributed by atoms with E-state index in [-0.39, 0.29) is 17.5 Å². The van der Waals surface area contributed by atoms with Gasteiger partial charge in [0.2, 0.25) is 5.91 Å². The molecule has 0 bridgehead atoms.